The second kappa shape index (κ2) is 8.99. The lowest BCUT2D eigenvalue weighted by Gasteiger charge is -2.37. The van der Waals surface area contributed by atoms with Crippen LogP contribution >= 0.6 is 11.6 Å². The Bertz CT molecular complexity index is 619. The van der Waals surface area contributed by atoms with Gasteiger partial charge in [0, 0.05) is 36.8 Å². The molecule has 2 aliphatic heterocycles. The van der Waals surface area contributed by atoms with Crippen molar-refractivity contribution in [1.29, 1.82) is 0 Å². The van der Waals surface area contributed by atoms with Gasteiger partial charge in [-0.25, -0.2) is 4.39 Å². The van der Waals surface area contributed by atoms with Crippen LogP contribution in [-0.2, 0) is 9.47 Å². The van der Waals surface area contributed by atoms with Crippen molar-refractivity contribution in [2.75, 3.05) is 52.5 Å². The minimum Gasteiger partial charge on any atom is -0.378 e. The fourth-order valence-corrected chi connectivity index (χ4v) is 3.71. The summed E-state index contributed by atoms with van der Waals surface area (Å²) in [7, 11) is 0. The van der Waals surface area contributed by atoms with E-state index >= 15 is 0 Å². The minimum absolute atomic E-state index is 0.0809. The van der Waals surface area contributed by atoms with Crippen molar-refractivity contribution < 1.29 is 13.9 Å². The van der Waals surface area contributed by atoms with Crippen LogP contribution in [0.3, 0.4) is 0 Å². The van der Waals surface area contributed by atoms with Gasteiger partial charge in [-0.2, -0.15) is 0 Å². The first-order valence-corrected chi connectivity index (χ1v) is 9.36. The molecule has 2 fully saturated rings. The number of nitrogens with two attached hydrogens (primary N) is 1. The van der Waals surface area contributed by atoms with Gasteiger partial charge in [0.15, 0.2) is 5.96 Å². The van der Waals surface area contributed by atoms with E-state index in [0.717, 1.165) is 13.1 Å². The molecule has 0 aliphatic carbocycles. The molecule has 2 atom stereocenters. The summed E-state index contributed by atoms with van der Waals surface area (Å²) in [6, 6.07) is 4.49. The molecule has 0 bridgehead atoms. The maximum atomic E-state index is 14.6. The summed E-state index contributed by atoms with van der Waals surface area (Å²) in [5.74, 6) is 0.147. The van der Waals surface area contributed by atoms with E-state index in [-0.39, 0.29) is 18.0 Å². The van der Waals surface area contributed by atoms with Gasteiger partial charge in [0.1, 0.15) is 5.82 Å². The van der Waals surface area contributed by atoms with Crippen LogP contribution in [0, 0.1) is 5.82 Å². The Morgan fingerprint density at radius 3 is 2.81 bits per heavy atom. The number of benzene rings is 1. The van der Waals surface area contributed by atoms with Gasteiger partial charge in [0.25, 0.3) is 0 Å². The fraction of sp³-hybridized carbons (Fsp3) is 0.611. The molecule has 2 heterocycles. The zero-order chi connectivity index (χ0) is 18.5. The second-order valence-electron chi connectivity index (χ2n) is 6.63. The predicted molar refractivity (Wildman–Crippen MR) is 100 cm³/mol. The standard InChI is InChI=1S/C18H26ClFN4O2/c1-13-12-24(7-10-26-13)16(17-14(19)3-2-4-15(17)20)11-22-18(21)23-5-8-25-9-6-23/h2-4,13,16H,5-12H2,1H3,(H2,21,22). The third kappa shape index (κ3) is 4.65. The van der Waals surface area contributed by atoms with Gasteiger partial charge in [0.05, 0.1) is 38.5 Å². The van der Waals surface area contributed by atoms with Gasteiger partial charge in [-0.05, 0) is 19.1 Å². The van der Waals surface area contributed by atoms with Gasteiger partial charge < -0.3 is 20.1 Å². The number of rotatable bonds is 4. The van der Waals surface area contributed by atoms with Crippen LogP contribution in [0.15, 0.2) is 23.2 Å². The average molecular weight is 385 g/mol. The van der Waals surface area contributed by atoms with Crippen molar-refractivity contribution in [1.82, 2.24) is 9.80 Å². The minimum atomic E-state index is -0.318. The van der Waals surface area contributed by atoms with E-state index in [1.54, 1.807) is 12.1 Å². The molecule has 0 radical (unpaired) electrons. The highest BCUT2D eigenvalue weighted by molar-refractivity contribution is 6.31. The van der Waals surface area contributed by atoms with E-state index in [4.69, 9.17) is 26.8 Å². The average Bonchev–Trinajstić information content (AvgIpc) is 2.64. The molecule has 2 saturated heterocycles. The van der Waals surface area contributed by atoms with Gasteiger partial charge in [-0.1, -0.05) is 17.7 Å². The summed E-state index contributed by atoms with van der Waals surface area (Å²) in [5, 5.41) is 0.411. The highest BCUT2D eigenvalue weighted by Gasteiger charge is 2.29. The Hall–Kier alpha value is -1.41. The number of guanidine groups is 1. The second-order valence-corrected chi connectivity index (χ2v) is 7.03. The Labute approximate surface area is 158 Å². The van der Waals surface area contributed by atoms with Crippen molar-refractivity contribution in [3.05, 3.63) is 34.6 Å². The summed E-state index contributed by atoms with van der Waals surface area (Å²) in [6.07, 6.45) is 0.0809. The quantitative estimate of drug-likeness (QED) is 0.634. The van der Waals surface area contributed by atoms with Crippen LogP contribution in [-0.4, -0.2) is 74.4 Å². The lowest BCUT2D eigenvalue weighted by molar-refractivity contribution is -0.0337. The third-order valence-electron chi connectivity index (χ3n) is 4.81. The van der Waals surface area contributed by atoms with Crippen LogP contribution in [0.25, 0.3) is 0 Å². The molecule has 8 heteroatoms. The molecule has 3 rings (SSSR count). The Morgan fingerprint density at radius 1 is 1.35 bits per heavy atom. The number of hydrogen-bond acceptors (Lipinski definition) is 4. The van der Waals surface area contributed by atoms with Gasteiger partial charge in [0.2, 0.25) is 0 Å². The van der Waals surface area contributed by atoms with E-state index in [1.165, 1.54) is 6.07 Å². The molecule has 1 aromatic rings. The maximum Gasteiger partial charge on any atom is 0.191 e. The predicted octanol–water partition coefficient (Wildman–Crippen LogP) is 1.89. The van der Waals surface area contributed by atoms with Crippen LogP contribution < -0.4 is 5.73 Å². The van der Waals surface area contributed by atoms with Gasteiger partial charge in [-0.15, -0.1) is 0 Å². The highest BCUT2D eigenvalue weighted by Crippen LogP contribution is 2.31. The first-order chi connectivity index (χ1) is 12.6. The van der Waals surface area contributed by atoms with Crippen molar-refractivity contribution >= 4 is 17.6 Å². The van der Waals surface area contributed by atoms with Gasteiger partial charge >= 0.3 is 0 Å². The molecule has 6 nitrogen and oxygen atoms in total. The highest BCUT2D eigenvalue weighted by atomic mass is 35.5. The number of halogens is 2. The first kappa shape index (κ1) is 19.4. The number of hydrogen-bond donors (Lipinski definition) is 1. The molecule has 144 valence electrons. The largest absolute Gasteiger partial charge is 0.378 e. The molecule has 0 saturated carbocycles. The molecule has 0 spiro atoms. The number of aliphatic imine (C=N–C) groups is 1. The number of nitrogens with zero attached hydrogens (tertiary/aromatic N) is 3. The molecule has 0 amide bonds. The van der Waals surface area contributed by atoms with Crippen LogP contribution in [0.1, 0.15) is 18.5 Å². The molecule has 2 aliphatic rings. The fourth-order valence-electron chi connectivity index (χ4n) is 3.42. The monoisotopic (exact) mass is 384 g/mol. The van der Waals surface area contributed by atoms with Crippen LogP contribution in [0.4, 0.5) is 4.39 Å². The van der Waals surface area contributed by atoms with E-state index in [2.05, 4.69) is 9.89 Å². The van der Waals surface area contributed by atoms with E-state index in [0.29, 0.717) is 56.0 Å². The summed E-state index contributed by atoms with van der Waals surface area (Å²) in [5.41, 5.74) is 6.63. The topological polar surface area (TPSA) is 63.3 Å². The summed E-state index contributed by atoms with van der Waals surface area (Å²) >= 11 is 6.34. The molecule has 26 heavy (non-hydrogen) atoms. The molecular formula is C18H26ClFN4O2. The van der Waals surface area contributed by atoms with Gasteiger partial charge in [-0.3, -0.25) is 9.89 Å². The lowest BCUT2D eigenvalue weighted by atomic mass is 10.0. The third-order valence-corrected chi connectivity index (χ3v) is 5.14. The molecular weight excluding hydrogens is 359 g/mol. The van der Waals surface area contributed by atoms with Crippen LogP contribution in [0.5, 0.6) is 0 Å². The normalized spacial score (nSPS) is 23.9. The van der Waals surface area contributed by atoms with Crippen molar-refractivity contribution in [3.63, 3.8) is 0 Å². The SMILES string of the molecule is CC1CN(C(CN=C(N)N2CCOCC2)c2c(F)cccc2Cl)CCO1. The zero-order valence-electron chi connectivity index (χ0n) is 15.0. The Morgan fingerprint density at radius 2 is 2.12 bits per heavy atom. The smallest absolute Gasteiger partial charge is 0.191 e. The lowest BCUT2D eigenvalue weighted by Crippen LogP contribution is -2.46. The summed E-state index contributed by atoms with van der Waals surface area (Å²) < 4.78 is 25.5. The number of morpholine rings is 2. The molecule has 0 aromatic heterocycles. The molecule has 2 N–H and O–H groups in total. The summed E-state index contributed by atoms with van der Waals surface area (Å²) in [4.78, 5) is 8.73. The van der Waals surface area contributed by atoms with Crippen molar-refractivity contribution in [2.24, 2.45) is 10.7 Å². The van der Waals surface area contributed by atoms with Crippen molar-refractivity contribution in [2.45, 2.75) is 19.1 Å². The van der Waals surface area contributed by atoms with E-state index in [1.807, 2.05) is 11.8 Å². The van der Waals surface area contributed by atoms with E-state index < -0.39 is 0 Å². The van der Waals surface area contributed by atoms with Crippen molar-refractivity contribution in [3.8, 4) is 0 Å². The number of ether oxygens (including phenoxy) is 2. The Balaban J connectivity index is 1.83. The zero-order valence-corrected chi connectivity index (χ0v) is 15.8. The summed E-state index contributed by atoms with van der Waals surface area (Å²) in [6.45, 7) is 7.07. The van der Waals surface area contributed by atoms with E-state index in [9.17, 15) is 4.39 Å². The molecule has 2 unspecified atom stereocenters. The first-order valence-electron chi connectivity index (χ1n) is 8.98. The maximum absolute atomic E-state index is 14.6. The Kier molecular flexibility index (Phi) is 6.69. The molecule has 1 aromatic carbocycles. The van der Waals surface area contributed by atoms with Crippen LogP contribution in [0.2, 0.25) is 5.02 Å².